The van der Waals surface area contributed by atoms with E-state index in [0.717, 1.165) is 16.7 Å². The van der Waals surface area contributed by atoms with Gasteiger partial charge in [-0.05, 0) is 37.1 Å². The molecule has 2 aromatic carbocycles. The summed E-state index contributed by atoms with van der Waals surface area (Å²) in [5, 5.41) is 9.57. The molecule has 28 heavy (non-hydrogen) atoms. The van der Waals surface area contributed by atoms with Gasteiger partial charge in [0.15, 0.2) is 0 Å². The Morgan fingerprint density at radius 2 is 1.86 bits per heavy atom. The second kappa shape index (κ2) is 7.79. The molecule has 5 heteroatoms. The largest absolute Gasteiger partial charge is 0.346 e. The van der Waals surface area contributed by atoms with Gasteiger partial charge in [-0.15, -0.1) is 0 Å². The molecule has 1 unspecified atom stereocenters. The highest BCUT2D eigenvalue weighted by Gasteiger charge is 2.32. The van der Waals surface area contributed by atoms with E-state index >= 15 is 0 Å². The average Bonchev–Trinajstić information content (AvgIpc) is 2.69. The number of hydrogen-bond acceptors (Lipinski definition) is 3. The summed E-state index contributed by atoms with van der Waals surface area (Å²) in [5.74, 6) is -2.26. The Labute approximate surface area is 163 Å². The monoisotopic (exact) mass is 376 g/mol. The van der Waals surface area contributed by atoms with Gasteiger partial charge < -0.3 is 9.30 Å². The van der Waals surface area contributed by atoms with Crippen LogP contribution in [0, 0.1) is 18.3 Å². The van der Waals surface area contributed by atoms with Crippen LogP contribution in [0.5, 0.6) is 0 Å². The molecule has 0 spiro atoms. The summed E-state index contributed by atoms with van der Waals surface area (Å²) in [6.07, 6.45) is 0. The third-order valence-corrected chi connectivity index (χ3v) is 4.77. The number of ether oxygens (including phenoxy) is 1. The van der Waals surface area contributed by atoms with Crippen molar-refractivity contribution in [2.75, 3.05) is 7.11 Å². The number of pyridine rings is 1. The Balaban J connectivity index is 2.33. The highest BCUT2D eigenvalue weighted by molar-refractivity contribution is 5.63. The molecule has 0 N–H and O–H groups in total. The number of nitriles is 1. The molecule has 0 aliphatic rings. The van der Waals surface area contributed by atoms with Gasteiger partial charge in [0.05, 0.1) is 12.2 Å². The summed E-state index contributed by atoms with van der Waals surface area (Å²) in [6, 6.07) is 20.5. The average molecular weight is 376 g/mol. The minimum Gasteiger partial charge on any atom is -0.346 e. The molecule has 0 aliphatic heterocycles. The van der Waals surface area contributed by atoms with Crippen LogP contribution < -0.4 is 5.56 Å². The summed E-state index contributed by atoms with van der Waals surface area (Å²) in [5.41, 5.74) is 2.36. The van der Waals surface area contributed by atoms with Crippen LogP contribution in [0.3, 0.4) is 0 Å². The van der Waals surface area contributed by atoms with Crippen molar-refractivity contribution in [3.8, 4) is 17.3 Å². The van der Waals surface area contributed by atoms with E-state index in [4.69, 9.17) is 4.74 Å². The van der Waals surface area contributed by atoms with E-state index < -0.39 is 11.4 Å². The van der Waals surface area contributed by atoms with Crippen LogP contribution in [-0.4, -0.2) is 11.7 Å². The first-order valence-electron chi connectivity index (χ1n) is 8.91. The summed E-state index contributed by atoms with van der Waals surface area (Å²) in [6.45, 7) is 3.42. The molecule has 1 heterocycles. The van der Waals surface area contributed by atoms with Crippen molar-refractivity contribution in [3.63, 3.8) is 0 Å². The quantitative estimate of drug-likeness (QED) is 0.657. The molecular weight excluding hydrogens is 355 g/mol. The summed E-state index contributed by atoms with van der Waals surface area (Å²) in [7, 11) is 1.21. The maximum absolute atomic E-state index is 15.0. The van der Waals surface area contributed by atoms with Crippen molar-refractivity contribution in [3.05, 3.63) is 93.3 Å². The Kier molecular flexibility index (Phi) is 5.43. The highest BCUT2D eigenvalue weighted by atomic mass is 19.2. The fourth-order valence-corrected chi connectivity index (χ4v) is 3.18. The van der Waals surface area contributed by atoms with Gasteiger partial charge in [-0.2, -0.15) is 5.26 Å². The summed E-state index contributed by atoms with van der Waals surface area (Å²) < 4.78 is 21.4. The molecule has 1 aromatic heterocycles. The molecule has 0 aliphatic carbocycles. The zero-order valence-electron chi connectivity index (χ0n) is 16.1. The molecule has 3 rings (SSSR count). The van der Waals surface area contributed by atoms with E-state index in [1.165, 1.54) is 18.6 Å². The predicted octanol–water partition coefficient (Wildman–Crippen LogP) is 4.53. The summed E-state index contributed by atoms with van der Waals surface area (Å²) >= 11 is 0. The maximum atomic E-state index is 15.0. The smallest absolute Gasteiger partial charge is 0.269 e. The standard InChI is InChI=1S/C23H21FN2O2/c1-16-8-7-11-18(12-16)21-13-20(23(2,24)28-3)19(14-25)22(27)26(21)15-17-9-5-4-6-10-17/h4-13H,15H2,1-3H3. The van der Waals surface area contributed by atoms with Gasteiger partial charge in [0, 0.05) is 12.7 Å². The molecule has 142 valence electrons. The lowest BCUT2D eigenvalue weighted by Gasteiger charge is -2.23. The van der Waals surface area contributed by atoms with Crippen LogP contribution in [-0.2, 0) is 17.1 Å². The first kappa shape index (κ1) is 19.5. The lowest BCUT2D eigenvalue weighted by atomic mass is 9.99. The number of alkyl halides is 1. The van der Waals surface area contributed by atoms with E-state index in [-0.39, 0.29) is 17.7 Å². The number of rotatable bonds is 5. The van der Waals surface area contributed by atoms with E-state index in [2.05, 4.69) is 0 Å². The Bertz CT molecular complexity index is 1100. The lowest BCUT2D eigenvalue weighted by molar-refractivity contribution is -0.112. The predicted molar refractivity (Wildman–Crippen MR) is 107 cm³/mol. The van der Waals surface area contributed by atoms with Crippen molar-refractivity contribution in [1.29, 1.82) is 5.26 Å². The van der Waals surface area contributed by atoms with Crippen LogP contribution in [0.25, 0.3) is 11.3 Å². The molecular formula is C23H21FN2O2. The normalized spacial score (nSPS) is 13.0. The Morgan fingerprint density at radius 3 is 2.46 bits per heavy atom. The second-order valence-electron chi connectivity index (χ2n) is 6.80. The number of halogens is 1. The molecule has 3 aromatic rings. The van der Waals surface area contributed by atoms with Gasteiger partial charge >= 0.3 is 0 Å². The van der Waals surface area contributed by atoms with E-state index in [1.807, 2.05) is 67.6 Å². The fraction of sp³-hybridized carbons (Fsp3) is 0.217. The van der Waals surface area contributed by atoms with Gasteiger partial charge in [-0.3, -0.25) is 4.79 Å². The number of aryl methyl sites for hydroxylation is 1. The molecule has 0 fully saturated rings. The van der Waals surface area contributed by atoms with Crippen molar-refractivity contribution >= 4 is 0 Å². The molecule has 4 nitrogen and oxygen atoms in total. The van der Waals surface area contributed by atoms with Gasteiger partial charge in [0.1, 0.15) is 11.6 Å². The number of nitrogens with zero attached hydrogens (tertiary/aromatic N) is 2. The van der Waals surface area contributed by atoms with Gasteiger partial charge in [0.25, 0.3) is 5.56 Å². The minimum atomic E-state index is -2.26. The zero-order valence-corrected chi connectivity index (χ0v) is 16.1. The van der Waals surface area contributed by atoms with Crippen LogP contribution in [0.1, 0.15) is 29.2 Å². The van der Waals surface area contributed by atoms with Gasteiger partial charge in [0.2, 0.25) is 5.85 Å². The van der Waals surface area contributed by atoms with Gasteiger partial charge in [-0.25, -0.2) is 4.39 Å². The van der Waals surface area contributed by atoms with E-state index in [1.54, 1.807) is 6.07 Å². The topological polar surface area (TPSA) is 55.0 Å². The second-order valence-corrected chi connectivity index (χ2v) is 6.80. The SMILES string of the molecule is COC(C)(F)c1cc(-c2cccc(C)c2)n(Cc2ccccc2)c(=O)c1C#N. The van der Waals surface area contributed by atoms with Crippen LogP contribution >= 0.6 is 0 Å². The molecule has 0 saturated carbocycles. The van der Waals surface area contributed by atoms with Crippen molar-refractivity contribution in [2.24, 2.45) is 0 Å². The van der Waals surface area contributed by atoms with Crippen molar-refractivity contribution in [1.82, 2.24) is 4.57 Å². The highest BCUT2D eigenvalue weighted by Crippen LogP contribution is 2.31. The third-order valence-electron chi connectivity index (χ3n) is 4.77. The lowest BCUT2D eigenvalue weighted by Crippen LogP contribution is -2.31. The van der Waals surface area contributed by atoms with Crippen molar-refractivity contribution in [2.45, 2.75) is 26.2 Å². The molecule has 0 saturated heterocycles. The third kappa shape index (κ3) is 3.73. The number of hydrogen-bond donors (Lipinski definition) is 0. The van der Waals surface area contributed by atoms with E-state index in [9.17, 15) is 14.4 Å². The number of aromatic nitrogens is 1. The van der Waals surface area contributed by atoms with Crippen LogP contribution in [0.2, 0.25) is 0 Å². The molecule has 1 atom stereocenters. The van der Waals surface area contributed by atoms with Crippen molar-refractivity contribution < 1.29 is 9.13 Å². The van der Waals surface area contributed by atoms with Crippen LogP contribution in [0.4, 0.5) is 4.39 Å². The Hall–Kier alpha value is -3.23. The molecule has 0 amide bonds. The first-order chi connectivity index (χ1) is 13.4. The Morgan fingerprint density at radius 1 is 1.14 bits per heavy atom. The number of benzene rings is 2. The minimum absolute atomic E-state index is 0.0664. The van der Waals surface area contributed by atoms with Gasteiger partial charge in [-0.1, -0.05) is 54.1 Å². The number of methoxy groups -OCH3 is 1. The van der Waals surface area contributed by atoms with Crippen LogP contribution in [0.15, 0.2) is 65.5 Å². The fourth-order valence-electron chi connectivity index (χ4n) is 3.18. The molecule has 0 radical (unpaired) electrons. The molecule has 0 bridgehead atoms. The summed E-state index contributed by atoms with van der Waals surface area (Å²) in [4.78, 5) is 13.2. The van der Waals surface area contributed by atoms with E-state index in [0.29, 0.717) is 5.69 Å². The first-order valence-corrected chi connectivity index (χ1v) is 8.91. The zero-order chi connectivity index (χ0) is 20.3. The maximum Gasteiger partial charge on any atom is 0.269 e.